The number of hydrogen-bond donors (Lipinski definition) is 3. The third-order valence-electron chi connectivity index (χ3n) is 3.90. The van der Waals surface area contributed by atoms with Gasteiger partial charge in [0.25, 0.3) is 0 Å². The van der Waals surface area contributed by atoms with Crippen LogP contribution in [0.25, 0.3) is 0 Å². The van der Waals surface area contributed by atoms with Gasteiger partial charge in [0.1, 0.15) is 12.1 Å². The lowest BCUT2D eigenvalue weighted by atomic mass is 9.97. The van der Waals surface area contributed by atoms with E-state index in [1.807, 2.05) is 6.07 Å². The number of carbonyl (C=O) groups excluding carboxylic acids is 3. The predicted octanol–water partition coefficient (Wildman–Crippen LogP) is 0.893. The highest BCUT2D eigenvalue weighted by molar-refractivity contribution is 5.90. The third kappa shape index (κ3) is 7.89. The summed E-state index contributed by atoms with van der Waals surface area (Å²) in [6, 6.07) is 6.84. The van der Waals surface area contributed by atoms with E-state index in [4.69, 9.17) is 4.74 Å². The summed E-state index contributed by atoms with van der Waals surface area (Å²) in [6.45, 7) is 4.67. The number of rotatable bonds is 10. The van der Waals surface area contributed by atoms with Crippen LogP contribution >= 0.6 is 0 Å². The first-order chi connectivity index (χ1) is 12.7. The number of amides is 2. The molecule has 8 heteroatoms. The molecule has 1 rings (SSSR count). The molecular formula is C19H26N2O6. The maximum atomic E-state index is 12.6. The molecule has 0 aromatic heterocycles. The first kappa shape index (κ1) is 22.1. The van der Waals surface area contributed by atoms with Crippen molar-refractivity contribution in [1.82, 2.24) is 10.6 Å². The van der Waals surface area contributed by atoms with Gasteiger partial charge in [0.05, 0.1) is 13.0 Å². The van der Waals surface area contributed by atoms with Gasteiger partial charge in [-0.25, -0.2) is 4.79 Å². The van der Waals surface area contributed by atoms with Crippen LogP contribution in [0.1, 0.15) is 32.8 Å². The van der Waals surface area contributed by atoms with Crippen molar-refractivity contribution in [3.63, 3.8) is 0 Å². The van der Waals surface area contributed by atoms with E-state index in [1.54, 1.807) is 38.1 Å². The van der Waals surface area contributed by atoms with Crippen molar-refractivity contribution < 1.29 is 29.0 Å². The Balaban J connectivity index is 2.86. The fraction of sp³-hybridized carbons (Fsp3) is 0.474. The van der Waals surface area contributed by atoms with Gasteiger partial charge < -0.3 is 20.5 Å². The van der Waals surface area contributed by atoms with Crippen LogP contribution in [0, 0.1) is 5.92 Å². The summed E-state index contributed by atoms with van der Waals surface area (Å²) in [5.41, 5.74) is 0.817. The molecule has 1 aromatic carbocycles. The average Bonchev–Trinajstić information content (AvgIpc) is 2.59. The van der Waals surface area contributed by atoms with Gasteiger partial charge in [-0.05, 0) is 18.4 Å². The zero-order valence-electron chi connectivity index (χ0n) is 15.7. The van der Waals surface area contributed by atoms with E-state index in [2.05, 4.69) is 10.6 Å². The molecular weight excluding hydrogens is 352 g/mol. The standard InChI is InChI=1S/C19H26N2O6/c1-4-27-16(23)10-12(2)17(19(25)26)21-18(24)15(20-13(3)22)11-14-8-6-5-7-9-14/h5-9,12,15,17H,4,10-11H2,1-3H3,(H,20,22)(H,21,24)(H,25,26)/t12-,15+,17-/m1/s1. The molecule has 3 atom stereocenters. The molecule has 0 aliphatic heterocycles. The number of ether oxygens (including phenoxy) is 1. The molecule has 8 nitrogen and oxygen atoms in total. The minimum atomic E-state index is -1.28. The van der Waals surface area contributed by atoms with E-state index in [9.17, 15) is 24.3 Å². The predicted molar refractivity (Wildman–Crippen MR) is 97.7 cm³/mol. The van der Waals surface area contributed by atoms with E-state index in [0.29, 0.717) is 0 Å². The Hall–Kier alpha value is -2.90. The molecule has 27 heavy (non-hydrogen) atoms. The Kier molecular flexibility index (Phi) is 8.98. The quantitative estimate of drug-likeness (QED) is 0.520. The maximum absolute atomic E-state index is 12.6. The van der Waals surface area contributed by atoms with Gasteiger partial charge in [0.2, 0.25) is 11.8 Å². The van der Waals surface area contributed by atoms with Gasteiger partial charge in [0, 0.05) is 13.3 Å². The van der Waals surface area contributed by atoms with E-state index in [1.165, 1.54) is 6.92 Å². The molecule has 0 unspecified atom stereocenters. The third-order valence-corrected chi connectivity index (χ3v) is 3.90. The Labute approximate surface area is 158 Å². The van der Waals surface area contributed by atoms with Crippen molar-refractivity contribution in [2.24, 2.45) is 5.92 Å². The molecule has 0 spiro atoms. The summed E-state index contributed by atoms with van der Waals surface area (Å²) in [4.78, 5) is 47.2. The van der Waals surface area contributed by atoms with Crippen LogP contribution in [0.15, 0.2) is 30.3 Å². The Morgan fingerprint density at radius 2 is 1.74 bits per heavy atom. The van der Waals surface area contributed by atoms with E-state index >= 15 is 0 Å². The van der Waals surface area contributed by atoms with Crippen molar-refractivity contribution in [2.45, 2.75) is 45.7 Å². The van der Waals surface area contributed by atoms with Crippen LogP contribution in [0.2, 0.25) is 0 Å². The largest absolute Gasteiger partial charge is 0.480 e. The second-order valence-electron chi connectivity index (χ2n) is 6.25. The zero-order valence-corrected chi connectivity index (χ0v) is 15.7. The molecule has 3 N–H and O–H groups in total. The number of nitrogens with one attached hydrogen (secondary N) is 2. The molecule has 0 aliphatic carbocycles. The molecule has 0 heterocycles. The summed E-state index contributed by atoms with van der Waals surface area (Å²) < 4.78 is 4.82. The number of benzene rings is 1. The lowest BCUT2D eigenvalue weighted by Gasteiger charge is -2.24. The highest BCUT2D eigenvalue weighted by Gasteiger charge is 2.31. The molecule has 0 fully saturated rings. The number of carboxylic acid groups (broad SMARTS) is 1. The smallest absolute Gasteiger partial charge is 0.326 e. The maximum Gasteiger partial charge on any atom is 0.326 e. The van der Waals surface area contributed by atoms with Gasteiger partial charge in [-0.1, -0.05) is 37.3 Å². The van der Waals surface area contributed by atoms with Crippen molar-refractivity contribution >= 4 is 23.8 Å². The van der Waals surface area contributed by atoms with Crippen molar-refractivity contribution in [3.05, 3.63) is 35.9 Å². The monoisotopic (exact) mass is 378 g/mol. The minimum Gasteiger partial charge on any atom is -0.480 e. The molecule has 1 aromatic rings. The number of carbonyl (C=O) groups is 4. The number of aliphatic carboxylic acids is 1. The van der Waals surface area contributed by atoms with Gasteiger partial charge >= 0.3 is 11.9 Å². The summed E-state index contributed by atoms with van der Waals surface area (Å²) in [7, 11) is 0. The fourth-order valence-corrected chi connectivity index (χ4v) is 2.61. The molecule has 0 saturated heterocycles. The number of hydrogen-bond acceptors (Lipinski definition) is 5. The summed E-state index contributed by atoms with van der Waals surface area (Å²) in [6.07, 6.45) is 0.0689. The van der Waals surface area contributed by atoms with Crippen LogP contribution in [-0.4, -0.2) is 47.6 Å². The Morgan fingerprint density at radius 1 is 1.11 bits per heavy atom. The number of carboxylic acids is 1. The van der Waals surface area contributed by atoms with Crippen LogP contribution in [0.5, 0.6) is 0 Å². The van der Waals surface area contributed by atoms with E-state index in [0.717, 1.165) is 5.56 Å². The van der Waals surface area contributed by atoms with Crippen molar-refractivity contribution in [1.29, 1.82) is 0 Å². The van der Waals surface area contributed by atoms with Crippen molar-refractivity contribution in [3.8, 4) is 0 Å². The summed E-state index contributed by atoms with van der Waals surface area (Å²) in [5, 5.41) is 14.4. The topological polar surface area (TPSA) is 122 Å². The second-order valence-corrected chi connectivity index (χ2v) is 6.25. The summed E-state index contributed by atoms with van der Waals surface area (Å²) in [5.74, 6) is -3.51. The normalized spacial score (nSPS) is 13.7. The Bertz CT molecular complexity index is 661. The average molecular weight is 378 g/mol. The molecule has 148 valence electrons. The fourth-order valence-electron chi connectivity index (χ4n) is 2.61. The van der Waals surface area contributed by atoms with Gasteiger partial charge in [0.15, 0.2) is 0 Å². The van der Waals surface area contributed by atoms with Gasteiger partial charge in [-0.2, -0.15) is 0 Å². The number of esters is 1. The summed E-state index contributed by atoms with van der Waals surface area (Å²) >= 11 is 0. The molecule has 0 aliphatic rings. The Morgan fingerprint density at radius 3 is 2.26 bits per heavy atom. The lowest BCUT2D eigenvalue weighted by Crippen LogP contribution is -2.54. The van der Waals surface area contributed by atoms with Crippen LogP contribution in [0.4, 0.5) is 0 Å². The molecule has 0 bridgehead atoms. The molecule has 0 radical (unpaired) electrons. The molecule has 2 amide bonds. The molecule has 0 saturated carbocycles. The van der Waals surface area contributed by atoms with Crippen LogP contribution in [0.3, 0.4) is 0 Å². The van der Waals surface area contributed by atoms with Crippen LogP contribution in [-0.2, 0) is 30.3 Å². The van der Waals surface area contributed by atoms with Gasteiger partial charge in [-0.15, -0.1) is 0 Å². The lowest BCUT2D eigenvalue weighted by molar-refractivity contribution is -0.147. The van der Waals surface area contributed by atoms with Crippen LogP contribution < -0.4 is 10.6 Å². The highest BCUT2D eigenvalue weighted by atomic mass is 16.5. The zero-order chi connectivity index (χ0) is 20.4. The van der Waals surface area contributed by atoms with E-state index < -0.39 is 41.8 Å². The SMILES string of the molecule is CCOC(=O)C[C@@H](C)[C@@H](NC(=O)[C@H](Cc1ccccc1)NC(C)=O)C(=O)O. The minimum absolute atomic E-state index is 0.144. The van der Waals surface area contributed by atoms with Gasteiger partial charge in [-0.3, -0.25) is 14.4 Å². The highest BCUT2D eigenvalue weighted by Crippen LogP contribution is 2.11. The first-order valence-corrected chi connectivity index (χ1v) is 8.74. The first-order valence-electron chi connectivity index (χ1n) is 8.74. The van der Waals surface area contributed by atoms with Crippen molar-refractivity contribution in [2.75, 3.05) is 6.61 Å². The van der Waals surface area contributed by atoms with E-state index in [-0.39, 0.29) is 19.4 Å². The second kappa shape index (κ2) is 10.9.